The van der Waals surface area contributed by atoms with E-state index >= 15 is 0 Å². The first-order chi connectivity index (χ1) is 16.1. The molecule has 170 valence electrons. The van der Waals surface area contributed by atoms with Crippen molar-refractivity contribution in [2.75, 3.05) is 29.9 Å². The van der Waals surface area contributed by atoms with Gasteiger partial charge in [0.05, 0.1) is 11.6 Å². The first-order valence-electron chi connectivity index (χ1n) is 10.9. The van der Waals surface area contributed by atoms with Crippen LogP contribution in [0.3, 0.4) is 0 Å². The number of aromatic nitrogens is 2. The van der Waals surface area contributed by atoms with E-state index in [4.69, 9.17) is 9.47 Å². The quantitative estimate of drug-likeness (QED) is 0.549. The second kappa shape index (κ2) is 10.6. The Hall–Kier alpha value is -3.94. The van der Waals surface area contributed by atoms with Crippen LogP contribution in [0.2, 0.25) is 0 Å². The minimum atomic E-state index is -0.418. The zero-order valence-electron chi connectivity index (χ0n) is 18.4. The molecule has 4 rings (SSSR count). The number of esters is 1. The van der Waals surface area contributed by atoms with E-state index in [1.54, 1.807) is 36.7 Å². The molecular formula is C25H26N4O4. The minimum Gasteiger partial charge on any atom is -0.455 e. The maximum Gasteiger partial charge on any atom is 0.309 e. The van der Waals surface area contributed by atoms with Crippen LogP contribution >= 0.6 is 0 Å². The first kappa shape index (κ1) is 22.3. The van der Waals surface area contributed by atoms with Crippen LogP contribution in [-0.2, 0) is 14.3 Å². The van der Waals surface area contributed by atoms with Crippen LogP contribution in [0.1, 0.15) is 18.4 Å². The van der Waals surface area contributed by atoms with Crippen LogP contribution < -0.4 is 15.0 Å². The number of piperidine rings is 1. The van der Waals surface area contributed by atoms with Crippen molar-refractivity contribution in [1.29, 1.82) is 0 Å². The van der Waals surface area contributed by atoms with Gasteiger partial charge >= 0.3 is 5.97 Å². The molecule has 1 amide bonds. The van der Waals surface area contributed by atoms with Crippen LogP contribution in [0, 0.1) is 12.8 Å². The Morgan fingerprint density at radius 3 is 2.42 bits per heavy atom. The van der Waals surface area contributed by atoms with Crippen LogP contribution in [0.5, 0.6) is 11.5 Å². The summed E-state index contributed by atoms with van der Waals surface area (Å²) in [5.41, 5.74) is 1.64. The summed E-state index contributed by atoms with van der Waals surface area (Å²) < 4.78 is 11.2. The molecule has 0 atom stereocenters. The van der Waals surface area contributed by atoms with Gasteiger partial charge in [-0.05, 0) is 50.1 Å². The summed E-state index contributed by atoms with van der Waals surface area (Å²) in [5.74, 6) is 0.823. The monoisotopic (exact) mass is 446 g/mol. The highest BCUT2D eigenvalue weighted by molar-refractivity contribution is 5.94. The van der Waals surface area contributed by atoms with Crippen LogP contribution in [-0.4, -0.2) is 41.5 Å². The molecule has 1 aliphatic heterocycles. The molecule has 8 nitrogen and oxygen atoms in total. The van der Waals surface area contributed by atoms with Crippen molar-refractivity contribution in [3.63, 3.8) is 0 Å². The number of ether oxygens (including phenoxy) is 2. The average molecular weight is 447 g/mol. The Kier molecular flexibility index (Phi) is 7.14. The second-order valence-corrected chi connectivity index (χ2v) is 7.88. The largest absolute Gasteiger partial charge is 0.455 e. The maximum atomic E-state index is 12.5. The van der Waals surface area contributed by atoms with Gasteiger partial charge in [-0.25, -0.2) is 9.97 Å². The van der Waals surface area contributed by atoms with E-state index in [1.165, 1.54) is 0 Å². The average Bonchev–Trinajstić information content (AvgIpc) is 2.86. The number of aryl methyl sites for hydroxylation is 1. The Bertz CT molecular complexity index is 1080. The third kappa shape index (κ3) is 6.06. The van der Waals surface area contributed by atoms with Gasteiger partial charge in [0, 0.05) is 25.5 Å². The van der Waals surface area contributed by atoms with Crippen molar-refractivity contribution in [3.8, 4) is 11.5 Å². The number of carbonyl (C=O) groups is 2. The molecule has 2 heterocycles. The maximum absolute atomic E-state index is 12.5. The number of anilines is 2. The van der Waals surface area contributed by atoms with Gasteiger partial charge in [-0.2, -0.15) is 0 Å². The lowest BCUT2D eigenvalue weighted by Crippen LogP contribution is -2.38. The molecule has 0 saturated carbocycles. The highest BCUT2D eigenvalue weighted by Gasteiger charge is 2.27. The van der Waals surface area contributed by atoms with Gasteiger partial charge in [0.25, 0.3) is 5.91 Å². The Morgan fingerprint density at radius 1 is 1.00 bits per heavy atom. The molecule has 1 aliphatic rings. The number of nitrogens with zero attached hydrogens (tertiary/aromatic N) is 3. The molecule has 2 aromatic carbocycles. The van der Waals surface area contributed by atoms with Gasteiger partial charge in [-0.15, -0.1) is 0 Å². The minimum absolute atomic E-state index is 0.241. The third-order valence-electron chi connectivity index (χ3n) is 5.42. The highest BCUT2D eigenvalue weighted by Crippen LogP contribution is 2.29. The van der Waals surface area contributed by atoms with Crippen molar-refractivity contribution >= 4 is 23.5 Å². The summed E-state index contributed by atoms with van der Waals surface area (Å²) in [6.07, 6.45) is 4.66. The molecule has 1 saturated heterocycles. The van der Waals surface area contributed by atoms with Crippen LogP contribution in [0.4, 0.5) is 11.6 Å². The Labute approximate surface area is 192 Å². The number of hydrogen-bond acceptors (Lipinski definition) is 7. The molecule has 0 bridgehead atoms. The number of hydrogen-bond donors (Lipinski definition) is 1. The van der Waals surface area contributed by atoms with Crippen molar-refractivity contribution in [2.45, 2.75) is 19.8 Å². The summed E-state index contributed by atoms with van der Waals surface area (Å²) in [6, 6.07) is 16.5. The predicted molar refractivity (Wildman–Crippen MR) is 124 cm³/mol. The lowest BCUT2D eigenvalue weighted by molar-refractivity contribution is -0.152. The molecule has 1 fully saturated rings. The van der Waals surface area contributed by atoms with E-state index < -0.39 is 5.91 Å². The fourth-order valence-corrected chi connectivity index (χ4v) is 3.60. The fraction of sp³-hybridized carbons (Fsp3) is 0.280. The summed E-state index contributed by atoms with van der Waals surface area (Å²) in [4.78, 5) is 35.4. The summed E-state index contributed by atoms with van der Waals surface area (Å²) >= 11 is 0. The first-order valence-corrected chi connectivity index (χ1v) is 10.9. The predicted octanol–water partition coefficient (Wildman–Crippen LogP) is 3.98. The molecule has 0 spiro atoms. The lowest BCUT2D eigenvalue weighted by Gasteiger charge is -2.30. The molecule has 0 unspecified atom stereocenters. The molecule has 0 radical (unpaired) electrons. The van der Waals surface area contributed by atoms with E-state index in [1.807, 2.05) is 42.2 Å². The molecule has 1 N–H and O–H groups in total. The van der Waals surface area contributed by atoms with Gasteiger partial charge in [0.15, 0.2) is 12.4 Å². The van der Waals surface area contributed by atoms with Gasteiger partial charge in [-0.3, -0.25) is 9.59 Å². The van der Waals surface area contributed by atoms with Gasteiger partial charge in [-0.1, -0.05) is 29.8 Å². The fourth-order valence-electron chi connectivity index (χ4n) is 3.60. The number of para-hydroxylation sites is 2. The number of carbonyl (C=O) groups excluding carboxylic acids is 2. The van der Waals surface area contributed by atoms with Crippen molar-refractivity contribution in [1.82, 2.24) is 9.97 Å². The van der Waals surface area contributed by atoms with Gasteiger partial charge in [0.1, 0.15) is 5.75 Å². The highest BCUT2D eigenvalue weighted by atomic mass is 16.5. The zero-order chi connectivity index (χ0) is 23.0. The van der Waals surface area contributed by atoms with E-state index in [9.17, 15) is 9.59 Å². The van der Waals surface area contributed by atoms with E-state index in [0.717, 1.165) is 5.56 Å². The number of benzene rings is 2. The van der Waals surface area contributed by atoms with Gasteiger partial charge in [0.2, 0.25) is 5.95 Å². The Balaban J connectivity index is 1.26. The van der Waals surface area contributed by atoms with Gasteiger partial charge < -0.3 is 19.7 Å². The van der Waals surface area contributed by atoms with Crippen LogP contribution in [0.15, 0.2) is 67.0 Å². The number of rotatable bonds is 7. The van der Waals surface area contributed by atoms with E-state index in [-0.39, 0.29) is 18.5 Å². The topological polar surface area (TPSA) is 93.6 Å². The molecule has 1 aromatic heterocycles. The number of nitrogens with one attached hydrogen (secondary N) is 1. The lowest BCUT2D eigenvalue weighted by atomic mass is 9.97. The molecular weight excluding hydrogens is 420 g/mol. The molecule has 0 aliphatic carbocycles. The molecule has 33 heavy (non-hydrogen) atoms. The van der Waals surface area contributed by atoms with E-state index in [2.05, 4.69) is 15.3 Å². The summed E-state index contributed by atoms with van der Waals surface area (Å²) in [5, 5.41) is 2.76. The standard InChI is InChI=1S/C25H26N4O4/c1-18-7-9-20(10-8-18)33-22-6-3-2-5-21(22)28-23(30)17-32-24(31)19-11-15-29(16-12-19)25-26-13-4-14-27-25/h2-10,13-14,19H,11-12,15-17H2,1H3,(H,28,30). The molecule has 3 aromatic rings. The van der Waals surface area contributed by atoms with E-state index in [0.29, 0.717) is 49.1 Å². The second-order valence-electron chi connectivity index (χ2n) is 7.88. The Morgan fingerprint density at radius 2 is 1.70 bits per heavy atom. The van der Waals surface area contributed by atoms with Crippen molar-refractivity contribution < 1.29 is 19.1 Å². The number of amides is 1. The third-order valence-corrected chi connectivity index (χ3v) is 5.42. The van der Waals surface area contributed by atoms with Crippen LogP contribution in [0.25, 0.3) is 0 Å². The zero-order valence-corrected chi connectivity index (χ0v) is 18.4. The van der Waals surface area contributed by atoms with Crippen molar-refractivity contribution in [3.05, 3.63) is 72.6 Å². The SMILES string of the molecule is Cc1ccc(Oc2ccccc2NC(=O)COC(=O)C2CCN(c3ncccn3)CC2)cc1. The van der Waals surface area contributed by atoms with Crippen molar-refractivity contribution in [2.24, 2.45) is 5.92 Å². The molecule has 8 heteroatoms. The summed E-state index contributed by atoms with van der Waals surface area (Å²) in [6.45, 7) is 2.99. The normalized spacial score (nSPS) is 13.9. The smallest absolute Gasteiger partial charge is 0.309 e. The summed E-state index contributed by atoms with van der Waals surface area (Å²) in [7, 11) is 0.